The summed E-state index contributed by atoms with van der Waals surface area (Å²) in [5.74, 6) is 0. The zero-order valence-corrected chi connectivity index (χ0v) is 12.5. The largest absolute Gasteiger partial charge is 0.367 e. The molecule has 1 fully saturated rings. The van der Waals surface area contributed by atoms with Crippen molar-refractivity contribution in [3.05, 3.63) is 27.7 Å². The summed E-state index contributed by atoms with van der Waals surface area (Å²) < 4.78 is 0. The smallest absolute Gasteiger partial charge is 0.0643 e. The van der Waals surface area contributed by atoms with Gasteiger partial charge in [-0.15, -0.1) is 0 Å². The average molecular weight is 287 g/mol. The number of nitrogens with zero attached hydrogens (tertiary/aromatic N) is 1. The maximum absolute atomic E-state index is 6.34. The zero-order chi connectivity index (χ0) is 13.1. The number of piperazine rings is 1. The first-order valence-electron chi connectivity index (χ1n) is 6.55. The number of halogens is 2. The molecule has 100 valence electrons. The Balaban J connectivity index is 2.18. The van der Waals surface area contributed by atoms with E-state index in [0.29, 0.717) is 6.04 Å². The van der Waals surface area contributed by atoms with Crippen LogP contribution >= 0.6 is 23.2 Å². The summed E-state index contributed by atoms with van der Waals surface area (Å²) in [5, 5.41) is 5.14. The van der Waals surface area contributed by atoms with E-state index in [1.807, 2.05) is 19.1 Å². The van der Waals surface area contributed by atoms with Gasteiger partial charge in [0.1, 0.15) is 0 Å². The predicted octanol–water partition coefficient (Wildman–Crippen LogP) is 3.88. The van der Waals surface area contributed by atoms with Crippen molar-refractivity contribution in [1.29, 1.82) is 0 Å². The van der Waals surface area contributed by atoms with Crippen LogP contribution in [0.3, 0.4) is 0 Å². The van der Waals surface area contributed by atoms with E-state index >= 15 is 0 Å². The molecule has 0 spiro atoms. The lowest BCUT2D eigenvalue weighted by Crippen LogP contribution is -2.50. The second kappa shape index (κ2) is 6.14. The Morgan fingerprint density at radius 3 is 2.83 bits per heavy atom. The molecule has 1 unspecified atom stereocenters. The van der Waals surface area contributed by atoms with Crippen LogP contribution in [0.15, 0.2) is 12.1 Å². The average Bonchev–Trinajstić information content (AvgIpc) is 2.34. The number of nitrogens with one attached hydrogen (secondary N) is 1. The Morgan fingerprint density at radius 1 is 1.33 bits per heavy atom. The van der Waals surface area contributed by atoms with Crippen LogP contribution in [0.1, 0.15) is 25.3 Å². The lowest BCUT2D eigenvalue weighted by Gasteiger charge is -2.36. The number of rotatable bonds is 3. The first-order chi connectivity index (χ1) is 8.61. The normalized spacial score (nSPS) is 20.2. The first-order valence-corrected chi connectivity index (χ1v) is 7.31. The molecule has 1 heterocycles. The molecular weight excluding hydrogens is 267 g/mol. The number of hydrogen-bond donors (Lipinski definition) is 1. The lowest BCUT2D eigenvalue weighted by molar-refractivity contribution is 0.431. The van der Waals surface area contributed by atoms with Crippen molar-refractivity contribution in [2.24, 2.45) is 0 Å². The van der Waals surface area contributed by atoms with Crippen LogP contribution < -0.4 is 10.2 Å². The van der Waals surface area contributed by atoms with Crippen LogP contribution in [0.2, 0.25) is 10.0 Å². The standard InChI is InChI=1S/C14H20Cl2N2/c1-3-4-11-9-18(6-5-17-11)14-8-12(15)10(2)7-13(14)16/h7-8,11,17H,3-6,9H2,1-2H3. The van der Waals surface area contributed by atoms with E-state index in [9.17, 15) is 0 Å². The fourth-order valence-electron chi connectivity index (χ4n) is 2.46. The van der Waals surface area contributed by atoms with Gasteiger partial charge in [0.2, 0.25) is 0 Å². The highest BCUT2D eigenvalue weighted by molar-refractivity contribution is 6.35. The van der Waals surface area contributed by atoms with E-state index in [-0.39, 0.29) is 0 Å². The molecule has 1 N–H and O–H groups in total. The molecule has 0 aliphatic carbocycles. The molecule has 2 rings (SSSR count). The van der Waals surface area contributed by atoms with Crippen LogP contribution in [-0.2, 0) is 0 Å². The Kier molecular flexibility index (Phi) is 4.77. The Bertz CT molecular complexity index is 419. The predicted molar refractivity (Wildman–Crippen MR) is 80.1 cm³/mol. The Hall–Kier alpha value is -0.440. The molecule has 1 aromatic rings. The van der Waals surface area contributed by atoms with E-state index in [1.165, 1.54) is 12.8 Å². The lowest BCUT2D eigenvalue weighted by atomic mass is 10.1. The van der Waals surface area contributed by atoms with Gasteiger partial charge < -0.3 is 10.2 Å². The molecule has 0 radical (unpaired) electrons. The van der Waals surface area contributed by atoms with E-state index in [4.69, 9.17) is 23.2 Å². The van der Waals surface area contributed by atoms with Gasteiger partial charge in [0, 0.05) is 30.7 Å². The van der Waals surface area contributed by atoms with Crippen molar-refractivity contribution in [1.82, 2.24) is 5.32 Å². The molecule has 0 amide bonds. The highest BCUT2D eigenvalue weighted by Gasteiger charge is 2.20. The van der Waals surface area contributed by atoms with Gasteiger partial charge in [-0.3, -0.25) is 0 Å². The molecule has 1 saturated heterocycles. The van der Waals surface area contributed by atoms with E-state index in [1.54, 1.807) is 0 Å². The highest BCUT2D eigenvalue weighted by atomic mass is 35.5. The van der Waals surface area contributed by atoms with Crippen LogP contribution in [0.4, 0.5) is 5.69 Å². The minimum absolute atomic E-state index is 0.555. The van der Waals surface area contributed by atoms with Crippen molar-refractivity contribution in [2.75, 3.05) is 24.5 Å². The SMILES string of the molecule is CCCC1CN(c2cc(Cl)c(C)cc2Cl)CCN1. The maximum Gasteiger partial charge on any atom is 0.0643 e. The quantitative estimate of drug-likeness (QED) is 0.907. The highest BCUT2D eigenvalue weighted by Crippen LogP contribution is 2.32. The topological polar surface area (TPSA) is 15.3 Å². The van der Waals surface area contributed by atoms with E-state index in [0.717, 1.165) is 40.9 Å². The number of benzene rings is 1. The third-order valence-electron chi connectivity index (χ3n) is 3.46. The van der Waals surface area contributed by atoms with Crippen molar-refractivity contribution in [3.8, 4) is 0 Å². The fourth-order valence-corrected chi connectivity index (χ4v) is 2.96. The van der Waals surface area contributed by atoms with Gasteiger partial charge in [0.05, 0.1) is 10.7 Å². The molecule has 1 atom stereocenters. The van der Waals surface area contributed by atoms with Crippen molar-refractivity contribution in [2.45, 2.75) is 32.7 Å². The third kappa shape index (κ3) is 3.11. The van der Waals surface area contributed by atoms with Crippen molar-refractivity contribution in [3.63, 3.8) is 0 Å². The summed E-state index contributed by atoms with van der Waals surface area (Å²) in [6.45, 7) is 7.20. The van der Waals surface area contributed by atoms with Crippen LogP contribution in [0.5, 0.6) is 0 Å². The maximum atomic E-state index is 6.34. The second-order valence-corrected chi connectivity index (χ2v) is 5.75. The number of hydrogen-bond acceptors (Lipinski definition) is 2. The Morgan fingerprint density at radius 2 is 2.11 bits per heavy atom. The number of anilines is 1. The molecule has 18 heavy (non-hydrogen) atoms. The molecule has 0 bridgehead atoms. The minimum Gasteiger partial charge on any atom is -0.367 e. The summed E-state index contributed by atoms with van der Waals surface area (Å²) in [6, 6.07) is 4.50. The summed E-state index contributed by atoms with van der Waals surface area (Å²) in [4.78, 5) is 2.34. The summed E-state index contributed by atoms with van der Waals surface area (Å²) >= 11 is 12.5. The van der Waals surface area contributed by atoms with Crippen LogP contribution in [-0.4, -0.2) is 25.7 Å². The van der Waals surface area contributed by atoms with Crippen LogP contribution in [0.25, 0.3) is 0 Å². The Labute approximate surface area is 119 Å². The molecule has 0 aromatic heterocycles. The van der Waals surface area contributed by atoms with Gasteiger partial charge in [0.25, 0.3) is 0 Å². The van der Waals surface area contributed by atoms with Gasteiger partial charge in [-0.25, -0.2) is 0 Å². The molecule has 1 aliphatic rings. The molecule has 1 aliphatic heterocycles. The van der Waals surface area contributed by atoms with E-state index < -0.39 is 0 Å². The fraction of sp³-hybridized carbons (Fsp3) is 0.571. The zero-order valence-electron chi connectivity index (χ0n) is 11.0. The summed E-state index contributed by atoms with van der Waals surface area (Å²) in [6.07, 6.45) is 2.40. The van der Waals surface area contributed by atoms with Crippen LogP contribution in [0, 0.1) is 6.92 Å². The first kappa shape index (κ1) is 14.0. The van der Waals surface area contributed by atoms with Gasteiger partial charge >= 0.3 is 0 Å². The summed E-state index contributed by atoms with van der Waals surface area (Å²) in [7, 11) is 0. The van der Waals surface area contributed by atoms with Gasteiger partial charge in [-0.2, -0.15) is 0 Å². The molecule has 4 heteroatoms. The molecule has 2 nitrogen and oxygen atoms in total. The molecule has 1 aromatic carbocycles. The van der Waals surface area contributed by atoms with Gasteiger partial charge in [-0.05, 0) is 31.0 Å². The van der Waals surface area contributed by atoms with Gasteiger partial charge in [0.15, 0.2) is 0 Å². The van der Waals surface area contributed by atoms with Crippen molar-refractivity contribution < 1.29 is 0 Å². The van der Waals surface area contributed by atoms with Gasteiger partial charge in [-0.1, -0.05) is 36.5 Å². The molecule has 0 saturated carbocycles. The second-order valence-electron chi connectivity index (χ2n) is 4.94. The minimum atomic E-state index is 0.555. The molecular formula is C14H20Cl2N2. The van der Waals surface area contributed by atoms with E-state index in [2.05, 4.69) is 17.1 Å². The monoisotopic (exact) mass is 286 g/mol. The third-order valence-corrected chi connectivity index (χ3v) is 4.17. The van der Waals surface area contributed by atoms with Crippen molar-refractivity contribution >= 4 is 28.9 Å². The number of aryl methyl sites for hydroxylation is 1. The summed E-state index contributed by atoms with van der Waals surface area (Å²) in [5.41, 5.74) is 2.10.